The molecule has 0 aliphatic carbocycles. The highest BCUT2D eigenvalue weighted by Crippen LogP contribution is 2.31. The predicted molar refractivity (Wildman–Crippen MR) is 106 cm³/mol. The number of rotatable bonds is 6. The maximum Gasteiger partial charge on any atom is 0.131 e. The third-order valence-corrected chi connectivity index (χ3v) is 3.91. The van der Waals surface area contributed by atoms with Gasteiger partial charge in [0.05, 0.1) is 0 Å². The van der Waals surface area contributed by atoms with Crippen LogP contribution in [0.2, 0.25) is 0 Å². The summed E-state index contributed by atoms with van der Waals surface area (Å²) in [4.78, 5) is 0. The monoisotopic (exact) mass is 390 g/mol. The number of halogens is 2. The second kappa shape index (κ2) is 8.44. The predicted octanol–water partition coefficient (Wildman–Crippen LogP) is 7.34. The summed E-state index contributed by atoms with van der Waals surface area (Å²) in [6.45, 7) is 0. The van der Waals surface area contributed by atoms with Gasteiger partial charge in [0.15, 0.2) is 0 Å². The summed E-state index contributed by atoms with van der Waals surface area (Å²) in [5.74, 6) is 2.17. The molecular weight excluding hydrogens is 374 g/mol. The van der Waals surface area contributed by atoms with Crippen molar-refractivity contribution in [1.82, 2.24) is 0 Å². The van der Waals surface area contributed by atoms with Crippen molar-refractivity contribution in [3.63, 3.8) is 0 Å². The second-order valence-electron chi connectivity index (χ2n) is 6.17. The van der Waals surface area contributed by atoms with Crippen LogP contribution in [-0.4, -0.2) is 0 Å². The topological polar surface area (TPSA) is 27.7 Å². The summed E-state index contributed by atoms with van der Waals surface area (Å²) in [5.41, 5.74) is 0. The van der Waals surface area contributed by atoms with E-state index in [1.54, 1.807) is 72.8 Å². The smallest absolute Gasteiger partial charge is 0.131 e. The van der Waals surface area contributed by atoms with E-state index in [9.17, 15) is 8.78 Å². The van der Waals surface area contributed by atoms with Crippen LogP contribution in [0.25, 0.3) is 0 Å². The molecule has 29 heavy (non-hydrogen) atoms. The quantitative estimate of drug-likeness (QED) is 0.345. The molecule has 4 aromatic carbocycles. The van der Waals surface area contributed by atoms with Crippen LogP contribution in [0.5, 0.6) is 34.5 Å². The van der Waals surface area contributed by atoms with E-state index < -0.39 is 0 Å². The van der Waals surface area contributed by atoms with E-state index in [4.69, 9.17) is 14.2 Å². The third kappa shape index (κ3) is 5.11. The van der Waals surface area contributed by atoms with Crippen molar-refractivity contribution in [3.8, 4) is 34.5 Å². The normalized spacial score (nSPS) is 10.4. The van der Waals surface area contributed by atoms with Gasteiger partial charge < -0.3 is 14.2 Å². The SMILES string of the molecule is Fc1cccc(Oc2cccc(Oc3cccc(Oc4cccc(F)c4)c3)c2)c1. The molecule has 0 aliphatic heterocycles. The Morgan fingerprint density at radius 2 is 0.655 bits per heavy atom. The van der Waals surface area contributed by atoms with E-state index in [1.165, 1.54) is 24.3 Å². The van der Waals surface area contributed by atoms with Crippen molar-refractivity contribution in [2.75, 3.05) is 0 Å². The Hall–Kier alpha value is -3.86. The molecule has 144 valence electrons. The Morgan fingerprint density at radius 3 is 0.966 bits per heavy atom. The molecule has 0 atom stereocenters. The molecular formula is C24H16F2O3. The van der Waals surface area contributed by atoms with Gasteiger partial charge in [-0.1, -0.05) is 24.3 Å². The van der Waals surface area contributed by atoms with E-state index in [2.05, 4.69) is 0 Å². The minimum Gasteiger partial charge on any atom is -0.457 e. The molecule has 0 heterocycles. The van der Waals surface area contributed by atoms with E-state index in [0.29, 0.717) is 34.5 Å². The number of hydrogen-bond donors (Lipinski definition) is 0. The van der Waals surface area contributed by atoms with Crippen molar-refractivity contribution >= 4 is 0 Å². The Balaban J connectivity index is 1.48. The van der Waals surface area contributed by atoms with Crippen LogP contribution in [0.3, 0.4) is 0 Å². The van der Waals surface area contributed by atoms with Crippen LogP contribution >= 0.6 is 0 Å². The van der Waals surface area contributed by atoms with Gasteiger partial charge in [0, 0.05) is 24.3 Å². The first-order valence-corrected chi connectivity index (χ1v) is 8.89. The standard InChI is InChI=1S/C24H16F2O3/c25-17-5-1-7-19(13-17)27-21-9-3-11-23(15-21)29-24-12-4-10-22(16-24)28-20-8-2-6-18(26)14-20/h1-16H. The molecule has 0 aromatic heterocycles. The zero-order valence-electron chi connectivity index (χ0n) is 15.2. The molecule has 0 radical (unpaired) electrons. The molecule has 0 spiro atoms. The molecule has 0 amide bonds. The average molecular weight is 390 g/mol. The summed E-state index contributed by atoms with van der Waals surface area (Å²) in [7, 11) is 0. The molecule has 4 rings (SSSR count). The molecule has 0 bridgehead atoms. The zero-order valence-corrected chi connectivity index (χ0v) is 15.2. The van der Waals surface area contributed by atoms with Crippen molar-refractivity contribution in [2.24, 2.45) is 0 Å². The summed E-state index contributed by atoms with van der Waals surface area (Å²) in [5, 5.41) is 0. The highest BCUT2D eigenvalue weighted by molar-refractivity contribution is 5.42. The zero-order chi connectivity index (χ0) is 20.1. The first-order chi connectivity index (χ1) is 14.1. The second-order valence-corrected chi connectivity index (χ2v) is 6.17. The molecule has 3 nitrogen and oxygen atoms in total. The van der Waals surface area contributed by atoms with Gasteiger partial charge in [-0.15, -0.1) is 0 Å². The average Bonchev–Trinajstić information content (AvgIpc) is 2.69. The molecule has 0 unspecified atom stereocenters. The van der Waals surface area contributed by atoms with Gasteiger partial charge in [0.1, 0.15) is 46.1 Å². The lowest BCUT2D eigenvalue weighted by atomic mass is 10.3. The van der Waals surface area contributed by atoms with E-state index in [-0.39, 0.29) is 11.6 Å². The Bertz CT molecular complexity index is 1040. The van der Waals surface area contributed by atoms with Crippen molar-refractivity contribution < 1.29 is 23.0 Å². The van der Waals surface area contributed by atoms with Crippen LogP contribution in [-0.2, 0) is 0 Å². The highest BCUT2D eigenvalue weighted by Gasteiger charge is 2.05. The third-order valence-electron chi connectivity index (χ3n) is 3.91. The maximum atomic E-state index is 13.3. The van der Waals surface area contributed by atoms with E-state index >= 15 is 0 Å². The lowest BCUT2D eigenvalue weighted by molar-refractivity contribution is 0.449. The van der Waals surface area contributed by atoms with Gasteiger partial charge in [-0.3, -0.25) is 0 Å². The maximum absolute atomic E-state index is 13.3. The molecule has 5 heteroatoms. The number of hydrogen-bond acceptors (Lipinski definition) is 3. The molecule has 0 N–H and O–H groups in total. The van der Waals surface area contributed by atoms with E-state index in [0.717, 1.165) is 0 Å². The van der Waals surface area contributed by atoms with Gasteiger partial charge >= 0.3 is 0 Å². The summed E-state index contributed by atoms with van der Waals surface area (Å²) >= 11 is 0. The first kappa shape index (κ1) is 18.5. The summed E-state index contributed by atoms with van der Waals surface area (Å²) in [6.07, 6.45) is 0. The van der Waals surface area contributed by atoms with Crippen molar-refractivity contribution in [3.05, 3.63) is 109 Å². The lowest BCUT2D eigenvalue weighted by Gasteiger charge is -2.11. The molecule has 0 aliphatic rings. The summed E-state index contributed by atoms with van der Waals surface area (Å²) < 4.78 is 43.8. The minimum atomic E-state index is -0.370. The van der Waals surface area contributed by atoms with Gasteiger partial charge in [-0.2, -0.15) is 0 Å². The fourth-order valence-electron chi connectivity index (χ4n) is 2.67. The van der Waals surface area contributed by atoms with Crippen LogP contribution in [0.15, 0.2) is 97.1 Å². The van der Waals surface area contributed by atoms with Crippen LogP contribution in [0.4, 0.5) is 8.78 Å². The lowest BCUT2D eigenvalue weighted by Crippen LogP contribution is -1.89. The largest absolute Gasteiger partial charge is 0.457 e. The van der Waals surface area contributed by atoms with E-state index in [1.807, 2.05) is 0 Å². The molecule has 0 saturated heterocycles. The van der Waals surface area contributed by atoms with Gasteiger partial charge in [-0.25, -0.2) is 8.78 Å². The van der Waals surface area contributed by atoms with Crippen LogP contribution < -0.4 is 14.2 Å². The van der Waals surface area contributed by atoms with Gasteiger partial charge in [0.2, 0.25) is 0 Å². The van der Waals surface area contributed by atoms with Crippen molar-refractivity contribution in [1.29, 1.82) is 0 Å². The van der Waals surface area contributed by atoms with Crippen LogP contribution in [0, 0.1) is 11.6 Å². The Labute approximate surface area is 166 Å². The molecule has 0 fully saturated rings. The Morgan fingerprint density at radius 1 is 0.379 bits per heavy atom. The fraction of sp³-hybridized carbons (Fsp3) is 0. The molecule has 0 saturated carbocycles. The highest BCUT2D eigenvalue weighted by atomic mass is 19.1. The van der Waals surface area contributed by atoms with Crippen LogP contribution in [0.1, 0.15) is 0 Å². The Kier molecular flexibility index (Phi) is 5.38. The first-order valence-electron chi connectivity index (χ1n) is 8.89. The summed E-state index contributed by atoms with van der Waals surface area (Å²) in [6, 6.07) is 25.8. The fourth-order valence-corrected chi connectivity index (χ4v) is 2.67. The van der Waals surface area contributed by atoms with Crippen molar-refractivity contribution in [2.45, 2.75) is 0 Å². The minimum absolute atomic E-state index is 0.370. The molecule has 4 aromatic rings. The number of benzene rings is 4. The van der Waals surface area contributed by atoms with Gasteiger partial charge in [0.25, 0.3) is 0 Å². The number of ether oxygens (including phenoxy) is 3. The van der Waals surface area contributed by atoms with Gasteiger partial charge in [-0.05, 0) is 48.5 Å².